The highest BCUT2D eigenvalue weighted by Gasteiger charge is 2.37. The van der Waals surface area contributed by atoms with Crippen molar-refractivity contribution in [3.05, 3.63) is 59.7 Å². The second-order valence-electron chi connectivity index (χ2n) is 11.1. The molecule has 2 fully saturated rings. The lowest BCUT2D eigenvalue weighted by molar-refractivity contribution is -0.138. The number of likely N-dealkylation sites (tertiary alicyclic amines) is 1. The highest BCUT2D eigenvalue weighted by Crippen LogP contribution is 2.23. The maximum Gasteiger partial charge on any atom is 0.248 e. The minimum atomic E-state index is -1.48. The van der Waals surface area contributed by atoms with E-state index in [0.717, 1.165) is 55.7 Å². The van der Waals surface area contributed by atoms with E-state index in [-0.39, 0.29) is 43.9 Å². The van der Waals surface area contributed by atoms with Gasteiger partial charge in [-0.2, -0.15) is 0 Å². The third-order valence-corrected chi connectivity index (χ3v) is 7.53. The number of carbonyl (C=O) groups excluding carboxylic acids is 2. The van der Waals surface area contributed by atoms with Gasteiger partial charge in [-0.05, 0) is 49.1 Å². The average molecular weight is 590 g/mol. The van der Waals surface area contributed by atoms with Gasteiger partial charge in [0.15, 0.2) is 11.6 Å². The van der Waals surface area contributed by atoms with Gasteiger partial charge < -0.3 is 29.1 Å². The van der Waals surface area contributed by atoms with Crippen molar-refractivity contribution in [2.45, 2.75) is 44.2 Å². The van der Waals surface area contributed by atoms with E-state index in [4.69, 9.17) is 14.2 Å². The minimum Gasteiger partial charge on any atom is -0.494 e. The highest BCUT2D eigenvalue weighted by atomic mass is 19.2. The van der Waals surface area contributed by atoms with Gasteiger partial charge >= 0.3 is 0 Å². The zero-order chi connectivity index (χ0) is 30.0. The molecule has 230 valence electrons. The van der Waals surface area contributed by atoms with Crippen LogP contribution < -0.4 is 9.47 Å². The zero-order valence-corrected chi connectivity index (χ0v) is 24.2. The fourth-order valence-electron chi connectivity index (χ4n) is 5.39. The molecule has 1 atom stereocenters. The van der Waals surface area contributed by atoms with E-state index in [1.54, 1.807) is 0 Å². The molecule has 0 aromatic heterocycles. The lowest BCUT2D eigenvalue weighted by Crippen LogP contribution is -2.52. The van der Waals surface area contributed by atoms with Gasteiger partial charge in [-0.25, -0.2) is 8.78 Å². The Morgan fingerprint density at radius 2 is 1.81 bits per heavy atom. The van der Waals surface area contributed by atoms with Crippen LogP contribution in [0.4, 0.5) is 8.78 Å². The van der Waals surface area contributed by atoms with Crippen LogP contribution in [0.3, 0.4) is 0 Å². The lowest BCUT2D eigenvalue weighted by Gasteiger charge is -2.33. The maximum atomic E-state index is 13.7. The van der Waals surface area contributed by atoms with Gasteiger partial charge in [0, 0.05) is 58.9 Å². The van der Waals surface area contributed by atoms with Gasteiger partial charge in [0.05, 0.1) is 13.2 Å². The summed E-state index contributed by atoms with van der Waals surface area (Å²) in [7, 11) is 1.43. The van der Waals surface area contributed by atoms with Crippen LogP contribution in [0.2, 0.25) is 0 Å². The molecule has 1 N–H and O–H groups in total. The van der Waals surface area contributed by atoms with E-state index in [2.05, 4.69) is 0 Å². The Labute approximate surface area is 245 Å². The van der Waals surface area contributed by atoms with Crippen LogP contribution in [0.5, 0.6) is 11.5 Å². The van der Waals surface area contributed by atoms with Crippen molar-refractivity contribution in [2.75, 3.05) is 66.2 Å². The molecule has 4 rings (SSSR count). The van der Waals surface area contributed by atoms with Gasteiger partial charge in [0.25, 0.3) is 0 Å². The molecular formula is C31H41F2N3O6. The molecule has 0 saturated carbocycles. The number of amides is 2. The van der Waals surface area contributed by atoms with Crippen LogP contribution in [0.1, 0.15) is 37.7 Å². The molecule has 9 nitrogen and oxygen atoms in total. The molecule has 2 heterocycles. The monoisotopic (exact) mass is 589 g/mol. The molecule has 0 spiro atoms. The van der Waals surface area contributed by atoms with Crippen molar-refractivity contribution in [3.63, 3.8) is 0 Å². The Morgan fingerprint density at radius 1 is 0.976 bits per heavy atom. The second kappa shape index (κ2) is 15.3. The first-order chi connectivity index (χ1) is 20.2. The SMILES string of the molecule is COCC(=O)N1CCN(Cc2cccc(OCCCN3CCCCCC3=O)c2)C[C@@](O)(COc2ccc(F)c(F)c2)C1. The number of β-amino-alcohol motifs (C(OH)–C–C–N with tert-alkyl or cyclic N) is 1. The van der Waals surface area contributed by atoms with Crippen LogP contribution >= 0.6 is 0 Å². The molecule has 0 bridgehead atoms. The van der Waals surface area contributed by atoms with Crippen molar-refractivity contribution in [1.29, 1.82) is 0 Å². The summed E-state index contributed by atoms with van der Waals surface area (Å²) in [5, 5.41) is 11.6. The number of nitrogens with zero attached hydrogens (tertiary/aromatic N) is 3. The average Bonchev–Trinajstić information content (AvgIpc) is 3.27. The number of halogens is 2. The summed E-state index contributed by atoms with van der Waals surface area (Å²) in [4.78, 5) is 30.4. The van der Waals surface area contributed by atoms with E-state index in [1.165, 1.54) is 18.1 Å². The van der Waals surface area contributed by atoms with Crippen LogP contribution in [0.25, 0.3) is 0 Å². The Bertz CT molecular complexity index is 1200. The molecule has 0 radical (unpaired) electrons. The number of rotatable bonds is 12. The first-order valence-corrected chi connectivity index (χ1v) is 14.5. The molecule has 42 heavy (non-hydrogen) atoms. The summed E-state index contributed by atoms with van der Waals surface area (Å²) in [6.45, 7) is 3.19. The second-order valence-corrected chi connectivity index (χ2v) is 11.1. The smallest absolute Gasteiger partial charge is 0.248 e. The van der Waals surface area contributed by atoms with Gasteiger partial charge in [0.1, 0.15) is 30.3 Å². The fourth-order valence-corrected chi connectivity index (χ4v) is 5.39. The molecular weight excluding hydrogens is 548 g/mol. The normalized spacial score (nSPS) is 20.2. The summed E-state index contributed by atoms with van der Waals surface area (Å²) in [5.41, 5.74) is -0.514. The summed E-state index contributed by atoms with van der Waals surface area (Å²) in [5.74, 6) is -1.27. The summed E-state index contributed by atoms with van der Waals surface area (Å²) in [6.07, 6.45) is 4.50. The Morgan fingerprint density at radius 3 is 2.62 bits per heavy atom. The van der Waals surface area contributed by atoms with Gasteiger partial charge in [-0.15, -0.1) is 0 Å². The van der Waals surface area contributed by atoms with Crippen LogP contribution in [0.15, 0.2) is 42.5 Å². The van der Waals surface area contributed by atoms with Crippen molar-refractivity contribution in [1.82, 2.24) is 14.7 Å². The number of aliphatic hydroxyl groups is 1. The maximum absolute atomic E-state index is 13.7. The quantitative estimate of drug-likeness (QED) is 0.380. The predicted octanol–water partition coefficient (Wildman–Crippen LogP) is 3.24. The Hall–Kier alpha value is -3.28. The van der Waals surface area contributed by atoms with Crippen molar-refractivity contribution in [2.24, 2.45) is 0 Å². The van der Waals surface area contributed by atoms with E-state index >= 15 is 0 Å². The van der Waals surface area contributed by atoms with Crippen LogP contribution in [-0.4, -0.2) is 103 Å². The lowest BCUT2D eigenvalue weighted by atomic mass is 10.0. The minimum absolute atomic E-state index is 0.00194. The largest absolute Gasteiger partial charge is 0.494 e. The van der Waals surface area contributed by atoms with Crippen LogP contribution in [-0.2, 0) is 20.9 Å². The first-order valence-electron chi connectivity index (χ1n) is 14.5. The predicted molar refractivity (Wildman–Crippen MR) is 152 cm³/mol. The van der Waals surface area contributed by atoms with Gasteiger partial charge in [0.2, 0.25) is 11.8 Å². The van der Waals surface area contributed by atoms with Gasteiger partial charge in [-0.1, -0.05) is 18.6 Å². The van der Waals surface area contributed by atoms with E-state index in [9.17, 15) is 23.5 Å². The molecule has 2 aromatic rings. The molecule has 2 aromatic carbocycles. The van der Waals surface area contributed by atoms with Crippen molar-refractivity contribution >= 4 is 11.8 Å². The summed E-state index contributed by atoms with van der Waals surface area (Å²) < 4.78 is 43.7. The fraction of sp³-hybridized carbons (Fsp3) is 0.548. The highest BCUT2D eigenvalue weighted by molar-refractivity contribution is 5.77. The Kier molecular flexibility index (Phi) is 11.5. The summed E-state index contributed by atoms with van der Waals surface area (Å²) >= 11 is 0. The molecule has 2 saturated heterocycles. The molecule has 2 aliphatic heterocycles. The number of carbonyl (C=O) groups is 2. The van der Waals surface area contributed by atoms with E-state index in [1.807, 2.05) is 34.1 Å². The van der Waals surface area contributed by atoms with Crippen LogP contribution in [0, 0.1) is 11.6 Å². The first kappa shape index (κ1) is 31.7. The summed E-state index contributed by atoms with van der Waals surface area (Å²) in [6, 6.07) is 10.9. The topological polar surface area (TPSA) is 91.8 Å². The molecule has 2 amide bonds. The molecule has 0 unspecified atom stereocenters. The number of hydrogen-bond donors (Lipinski definition) is 1. The molecule has 0 aliphatic carbocycles. The van der Waals surface area contributed by atoms with Crippen molar-refractivity contribution in [3.8, 4) is 11.5 Å². The van der Waals surface area contributed by atoms with Crippen molar-refractivity contribution < 1.29 is 37.7 Å². The van der Waals surface area contributed by atoms with Gasteiger partial charge in [-0.3, -0.25) is 14.5 Å². The Balaban J connectivity index is 1.36. The van der Waals surface area contributed by atoms with E-state index in [0.29, 0.717) is 39.2 Å². The molecule has 2 aliphatic rings. The standard InChI is InChI=1S/C31H41F2N3O6/c1-40-20-30(38)36-15-14-34(21-31(39,22-36)23-42-26-10-11-27(32)28(33)18-26)19-24-7-5-8-25(17-24)41-16-6-13-35-12-4-2-3-9-29(35)37/h5,7-8,10-11,17-18,39H,2-4,6,9,12-16,19-23H2,1H3/t31-/m0/s1. The molecule has 11 heteroatoms. The third kappa shape index (κ3) is 9.37. The van der Waals surface area contributed by atoms with E-state index < -0.39 is 17.2 Å². The number of ether oxygens (including phenoxy) is 3. The zero-order valence-electron chi connectivity index (χ0n) is 24.2. The third-order valence-electron chi connectivity index (χ3n) is 7.53. The number of hydrogen-bond acceptors (Lipinski definition) is 7. The number of benzene rings is 2. The number of methoxy groups -OCH3 is 1.